The third-order valence-corrected chi connectivity index (χ3v) is 3.99. The van der Waals surface area contributed by atoms with E-state index in [4.69, 9.17) is 0 Å². The highest BCUT2D eigenvalue weighted by atomic mass is 16.2. The zero-order valence-corrected chi connectivity index (χ0v) is 12.2. The first kappa shape index (κ1) is 13.9. The van der Waals surface area contributed by atoms with Gasteiger partial charge in [-0.25, -0.2) is 0 Å². The third kappa shape index (κ3) is 3.28. The van der Waals surface area contributed by atoms with Gasteiger partial charge in [0.15, 0.2) is 0 Å². The number of carbonyl (C=O) groups is 1. The minimum atomic E-state index is 0.209. The highest BCUT2D eigenvalue weighted by Gasteiger charge is 2.25. The van der Waals surface area contributed by atoms with Crippen LogP contribution in [0.1, 0.15) is 25.3 Å². The minimum Gasteiger partial charge on any atom is -0.371 e. The van der Waals surface area contributed by atoms with Gasteiger partial charge in [0.2, 0.25) is 5.91 Å². The Kier molecular flexibility index (Phi) is 4.46. The molecule has 0 atom stereocenters. The highest BCUT2D eigenvalue weighted by Crippen LogP contribution is 2.24. The topological polar surface area (TPSA) is 23.6 Å². The third-order valence-electron chi connectivity index (χ3n) is 3.99. The molecule has 1 fully saturated rings. The molecule has 0 spiro atoms. The number of anilines is 1. The lowest BCUT2D eigenvalue weighted by Crippen LogP contribution is -2.40. The van der Waals surface area contributed by atoms with E-state index in [2.05, 4.69) is 36.1 Å². The summed E-state index contributed by atoms with van der Waals surface area (Å²) in [4.78, 5) is 16.0. The zero-order valence-electron chi connectivity index (χ0n) is 12.2. The van der Waals surface area contributed by atoms with Crippen molar-refractivity contribution in [3.63, 3.8) is 0 Å². The van der Waals surface area contributed by atoms with E-state index in [1.165, 1.54) is 11.3 Å². The van der Waals surface area contributed by atoms with Crippen LogP contribution in [0, 0.1) is 5.92 Å². The number of carbonyl (C=O) groups excluding carboxylic acids is 1. The molecule has 104 valence electrons. The normalized spacial score (nSPS) is 16.5. The van der Waals surface area contributed by atoms with Crippen molar-refractivity contribution in [2.75, 3.05) is 32.1 Å². The van der Waals surface area contributed by atoms with Crippen LogP contribution in [0.4, 0.5) is 5.69 Å². The summed E-state index contributed by atoms with van der Waals surface area (Å²) < 4.78 is 0. The fourth-order valence-electron chi connectivity index (χ4n) is 2.69. The van der Waals surface area contributed by atoms with Gasteiger partial charge in [-0.1, -0.05) is 19.1 Å². The maximum atomic E-state index is 11.9. The van der Waals surface area contributed by atoms with Crippen LogP contribution in [0.3, 0.4) is 0 Å². The Bertz CT molecular complexity index is 417. The summed E-state index contributed by atoms with van der Waals surface area (Å²) in [7, 11) is 3.69. The van der Waals surface area contributed by atoms with Gasteiger partial charge in [0.05, 0.1) is 0 Å². The average molecular weight is 260 g/mol. The molecule has 1 saturated heterocycles. The molecule has 1 aromatic rings. The summed E-state index contributed by atoms with van der Waals surface area (Å²) in [5.74, 6) is 0.488. The number of hydrogen-bond acceptors (Lipinski definition) is 2. The van der Waals surface area contributed by atoms with Crippen molar-refractivity contribution < 1.29 is 4.79 Å². The van der Waals surface area contributed by atoms with Gasteiger partial charge < -0.3 is 9.80 Å². The minimum absolute atomic E-state index is 0.209. The molecule has 2 rings (SSSR count). The number of aryl methyl sites for hydroxylation is 1. The Balaban J connectivity index is 1.94. The summed E-state index contributed by atoms with van der Waals surface area (Å²) >= 11 is 0. The van der Waals surface area contributed by atoms with E-state index >= 15 is 0 Å². The number of rotatable bonds is 3. The van der Waals surface area contributed by atoms with E-state index in [0.717, 1.165) is 32.4 Å². The highest BCUT2D eigenvalue weighted by molar-refractivity contribution is 5.78. The lowest BCUT2D eigenvalue weighted by molar-refractivity contribution is -0.133. The van der Waals surface area contributed by atoms with E-state index in [-0.39, 0.29) is 11.8 Å². The predicted molar refractivity (Wildman–Crippen MR) is 79.5 cm³/mol. The van der Waals surface area contributed by atoms with Crippen molar-refractivity contribution in [2.45, 2.75) is 26.2 Å². The molecule has 0 bridgehead atoms. The summed E-state index contributed by atoms with van der Waals surface area (Å²) in [6.45, 7) is 4.14. The summed E-state index contributed by atoms with van der Waals surface area (Å²) in [6.07, 6.45) is 3.01. The van der Waals surface area contributed by atoms with Crippen molar-refractivity contribution in [3.8, 4) is 0 Å². The van der Waals surface area contributed by atoms with Gasteiger partial charge in [-0.3, -0.25) is 4.79 Å². The van der Waals surface area contributed by atoms with Crippen LogP contribution >= 0.6 is 0 Å². The van der Waals surface area contributed by atoms with Crippen LogP contribution in [0.2, 0.25) is 0 Å². The van der Waals surface area contributed by atoms with E-state index in [0.29, 0.717) is 0 Å². The average Bonchev–Trinajstić information content (AvgIpc) is 2.46. The first-order chi connectivity index (χ1) is 9.11. The van der Waals surface area contributed by atoms with Crippen LogP contribution < -0.4 is 4.90 Å². The quantitative estimate of drug-likeness (QED) is 0.834. The Hall–Kier alpha value is -1.51. The van der Waals surface area contributed by atoms with Crippen LogP contribution in [0.15, 0.2) is 24.3 Å². The molecule has 0 N–H and O–H groups in total. The van der Waals surface area contributed by atoms with E-state index in [1.807, 2.05) is 14.1 Å². The Morgan fingerprint density at radius 1 is 1.21 bits per heavy atom. The number of nitrogens with zero attached hydrogens (tertiary/aromatic N) is 2. The fraction of sp³-hybridized carbons (Fsp3) is 0.562. The Morgan fingerprint density at radius 2 is 1.79 bits per heavy atom. The van der Waals surface area contributed by atoms with E-state index < -0.39 is 0 Å². The summed E-state index contributed by atoms with van der Waals surface area (Å²) in [5.41, 5.74) is 2.66. The van der Waals surface area contributed by atoms with Crippen molar-refractivity contribution >= 4 is 11.6 Å². The summed E-state index contributed by atoms with van der Waals surface area (Å²) in [6, 6.07) is 8.80. The molecular weight excluding hydrogens is 236 g/mol. The van der Waals surface area contributed by atoms with E-state index in [1.54, 1.807) is 4.90 Å². The predicted octanol–water partition coefficient (Wildman–Crippen LogP) is 2.55. The molecule has 0 aromatic heterocycles. The van der Waals surface area contributed by atoms with Gasteiger partial charge in [-0.2, -0.15) is 0 Å². The second kappa shape index (κ2) is 6.09. The smallest absolute Gasteiger partial charge is 0.225 e. The Morgan fingerprint density at radius 3 is 2.26 bits per heavy atom. The van der Waals surface area contributed by atoms with Crippen LogP contribution in [-0.4, -0.2) is 38.0 Å². The van der Waals surface area contributed by atoms with Crippen LogP contribution in [0.25, 0.3) is 0 Å². The molecule has 1 aliphatic rings. The maximum absolute atomic E-state index is 11.9. The zero-order chi connectivity index (χ0) is 13.8. The van der Waals surface area contributed by atoms with Crippen LogP contribution in [-0.2, 0) is 11.2 Å². The van der Waals surface area contributed by atoms with Gasteiger partial charge in [0.1, 0.15) is 0 Å². The van der Waals surface area contributed by atoms with Crippen molar-refractivity contribution in [3.05, 3.63) is 29.8 Å². The van der Waals surface area contributed by atoms with Crippen molar-refractivity contribution in [1.82, 2.24) is 4.90 Å². The van der Waals surface area contributed by atoms with Gasteiger partial charge in [0.25, 0.3) is 0 Å². The molecule has 1 amide bonds. The molecule has 0 saturated carbocycles. The molecule has 1 aliphatic heterocycles. The van der Waals surface area contributed by atoms with Crippen LogP contribution in [0.5, 0.6) is 0 Å². The second-order valence-corrected chi connectivity index (χ2v) is 5.51. The van der Waals surface area contributed by atoms with Gasteiger partial charge in [-0.15, -0.1) is 0 Å². The Labute approximate surface area is 116 Å². The molecule has 0 aliphatic carbocycles. The van der Waals surface area contributed by atoms with Gasteiger partial charge >= 0.3 is 0 Å². The standard InChI is InChI=1S/C16H24N2O/c1-4-13-5-7-15(8-6-13)18-11-9-14(10-12-18)16(19)17(2)3/h5-8,14H,4,9-12H2,1-3H3. The SMILES string of the molecule is CCc1ccc(N2CCC(C(=O)N(C)C)CC2)cc1. The molecule has 19 heavy (non-hydrogen) atoms. The molecule has 0 unspecified atom stereocenters. The lowest BCUT2D eigenvalue weighted by Gasteiger charge is -2.34. The largest absolute Gasteiger partial charge is 0.371 e. The van der Waals surface area contributed by atoms with Crippen molar-refractivity contribution in [1.29, 1.82) is 0 Å². The number of hydrogen-bond donors (Lipinski definition) is 0. The van der Waals surface area contributed by atoms with Gasteiger partial charge in [-0.05, 0) is 37.0 Å². The molecule has 1 aromatic carbocycles. The molecule has 3 heteroatoms. The van der Waals surface area contributed by atoms with E-state index in [9.17, 15) is 4.79 Å². The molecule has 1 heterocycles. The summed E-state index contributed by atoms with van der Waals surface area (Å²) in [5, 5.41) is 0. The maximum Gasteiger partial charge on any atom is 0.225 e. The lowest BCUT2D eigenvalue weighted by atomic mass is 9.95. The number of piperidine rings is 1. The molecular formula is C16H24N2O. The fourth-order valence-corrected chi connectivity index (χ4v) is 2.69. The van der Waals surface area contributed by atoms with Gasteiger partial charge in [0, 0.05) is 38.8 Å². The first-order valence-electron chi connectivity index (χ1n) is 7.17. The monoisotopic (exact) mass is 260 g/mol. The van der Waals surface area contributed by atoms with Crippen molar-refractivity contribution in [2.24, 2.45) is 5.92 Å². The first-order valence-corrected chi connectivity index (χ1v) is 7.17. The molecule has 3 nitrogen and oxygen atoms in total. The second-order valence-electron chi connectivity index (χ2n) is 5.51. The number of benzene rings is 1. The number of amides is 1. The molecule has 0 radical (unpaired) electrons.